The molecule has 3 heteroatoms. The second-order valence-electron chi connectivity index (χ2n) is 5.78. The largest absolute Gasteiger partial charge is 0.504 e. The Morgan fingerprint density at radius 1 is 1.10 bits per heavy atom. The van der Waals surface area contributed by atoms with Crippen LogP contribution in [0.2, 0.25) is 0 Å². The topological polar surface area (TPSA) is 29.5 Å². The van der Waals surface area contributed by atoms with Gasteiger partial charge in [0.1, 0.15) is 5.75 Å². The van der Waals surface area contributed by atoms with Gasteiger partial charge in [-0.1, -0.05) is 61.0 Å². The average molecular weight is 335 g/mol. The third-order valence-electron chi connectivity index (χ3n) is 3.13. The number of phenolic OH excluding ortho intramolecular Hbond substituents is 1. The van der Waals surface area contributed by atoms with Gasteiger partial charge in [0.05, 0.1) is 0 Å². The minimum absolute atomic E-state index is 0.000578. The molecule has 0 aliphatic heterocycles. The van der Waals surface area contributed by atoms with Gasteiger partial charge >= 0.3 is 0 Å². The van der Waals surface area contributed by atoms with Crippen molar-refractivity contribution in [2.75, 3.05) is 0 Å². The van der Waals surface area contributed by atoms with E-state index in [-0.39, 0.29) is 11.2 Å². The summed E-state index contributed by atoms with van der Waals surface area (Å²) < 4.78 is 5.82. The standard InChI is InChI=1S/C17H19BrO2/c1-17(2,3)13-9-12(11-18)16(19)15(10-13)20-14-7-5-4-6-8-14/h4-10,19H,11H2,1-3H3. The molecule has 0 aromatic heterocycles. The molecule has 0 atom stereocenters. The quantitative estimate of drug-likeness (QED) is 0.764. The molecule has 0 fully saturated rings. The maximum absolute atomic E-state index is 10.3. The molecule has 2 aromatic carbocycles. The molecule has 2 aromatic rings. The number of halogens is 1. The lowest BCUT2D eigenvalue weighted by Gasteiger charge is -2.22. The van der Waals surface area contributed by atoms with Crippen LogP contribution in [0.5, 0.6) is 17.2 Å². The van der Waals surface area contributed by atoms with Crippen molar-refractivity contribution in [3.05, 3.63) is 53.6 Å². The van der Waals surface area contributed by atoms with Crippen molar-refractivity contribution in [2.24, 2.45) is 0 Å². The van der Waals surface area contributed by atoms with Gasteiger partial charge in [0.25, 0.3) is 0 Å². The SMILES string of the molecule is CC(C)(C)c1cc(CBr)c(O)c(Oc2ccccc2)c1. The fourth-order valence-electron chi connectivity index (χ4n) is 1.89. The normalized spacial score (nSPS) is 11.4. The van der Waals surface area contributed by atoms with Gasteiger partial charge < -0.3 is 9.84 Å². The lowest BCUT2D eigenvalue weighted by atomic mass is 9.86. The molecular weight excluding hydrogens is 316 g/mol. The third kappa shape index (κ3) is 3.34. The van der Waals surface area contributed by atoms with Gasteiger partial charge in [-0.05, 0) is 29.2 Å². The molecule has 2 nitrogen and oxygen atoms in total. The van der Waals surface area contributed by atoms with E-state index in [2.05, 4.69) is 36.7 Å². The summed E-state index contributed by atoms with van der Waals surface area (Å²) in [6, 6.07) is 13.4. The summed E-state index contributed by atoms with van der Waals surface area (Å²) in [7, 11) is 0. The molecule has 0 aliphatic carbocycles. The van der Waals surface area contributed by atoms with Crippen molar-refractivity contribution in [1.82, 2.24) is 0 Å². The van der Waals surface area contributed by atoms with E-state index in [1.165, 1.54) is 0 Å². The Hall–Kier alpha value is -1.48. The minimum Gasteiger partial charge on any atom is -0.504 e. The molecule has 20 heavy (non-hydrogen) atoms. The predicted molar refractivity (Wildman–Crippen MR) is 86.0 cm³/mol. The molecule has 106 valence electrons. The number of para-hydroxylation sites is 1. The summed E-state index contributed by atoms with van der Waals surface area (Å²) in [5.74, 6) is 1.41. The summed E-state index contributed by atoms with van der Waals surface area (Å²) >= 11 is 3.41. The minimum atomic E-state index is -0.000578. The van der Waals surface area contributed by atoms with Crippen molar-refractivity contribution in [3.8, 4) is 17.2 Å². The molecule has 0 heterocycles. The molecule has 0 saturated carbocycles. The van der Waals surface area contributed by atoms with Crippen LogP contribution in [0.3, 0.4) is 0 Å². The number of ether oxygens (including phenoxy) is 1. The van der Waals surface area contributed by atoms with Gasteiger partial charge in [-0.25, -0.2) is 0 Å². The van der Waals surface area contributed by atoms with E-state index in [1.807, 2.05) is 42.5 Å². The highest BCUT2D eigenvalue weighted by atomic mass is 79.9. The van der Waals surface area contributed by atoms with E-state index in [0.29, 0.717) is 11.1 Å². The van der Waals surface area contributed by atoms with Gasteiger partial charge in [0.15, 0.2) is 11.5 Å². The lowest BCUT2D eigenvalue weighted by molar-refractivity contribution is 0.406. The number of rotatable bonds is 3. The van der Waals surface area contributed by atoms with Gasteiger partial charge in [0, 0.05) is 10.9 Å². The Morgan fingerprint density at radius 3 is 2.30 bits per heavy atom. The first-order valence-corrected chi connectivity index (χ1v) is 7.69. The zero-order valence-electron chi connectivity index (χ0n) is 12.0. The second kappa shape index (κ2) is 5.88. The van der Waals surface area contributed by atoms with Crippen LogP contribution in [0.25, 0.3) is 0 Å². The summed E-state index contributed by atoms with van der Waals surface area (Å²) in [6.07, 6.45) is 0. The summed E-state index contributed by atoms with van der Waals surface area (Å²) in [4.78, 5) is 0. The molecule has 0 spiro atoms. The Kier molecular flexibility index (Phi) is 4.39. The molecule has 0 unspecified atom stereocenters. The summed E-state index contributed by atoms with van der Waals surface area (Å²) in [6.45, 7) is 6.43. The van der Waals surface area contributed by atoms with Crippen LogP contribution in [0, 0.1) is 0 Å². The summed E-state index contributed by atoms with van der Waals surface area (Å²) in [5, 5.41) is 10.9. The third-order valence-corrected chi connectivity index (χ3v) is 3.74. The van der Waals surface area contributed by atoms with Crippen molar-refractivity contribution in [3.63, 3.8) is 0 Å². The van der Waals surface area contributed by atoms with Crippen LogP contribution in [0.4, 0.5) is 0 Å². The van der Waals surface area contributed by atoms with E-state index in [1.54, 1.807) is 0 Å². The van der Waals surface area contributed by atoms with Crippen LogP contribution in [-0.2, 0) is 10.7 Å². The van der Waals surface area contributed by atoms with Gasteiger partial charge in [-0.15, -0.1) is 0 Å². The number of phenols is 1. The van der Waals surface area contributed by atoms with Crippen LogP contribution in [0.1, 0.15) is 31.9 Å². The fraction of sp³-hybridized carbons (Fsp3) is 0.294. The molecule has 0 radical (unpaired) electrons. The van der Waals surface area contributed by atoms with E-state index in [4.69, 9.17) is 4.74 Å². The number of hydrogen-bond donors (Lipinski definition) is 1. The Balaban J connectivity index is 2.46. The highest BCUT2D eigenvalue weighted by molar-refractivity contribution is 9.08. The van der Waals surface area contributed by atoms with Crippen LogP contribution in [-0.4, -0.2) is 5.11 Å². The predicted octanol–water partition coefficient (Wildman–Crippen LogP) is 5.38. The van der Waals surface area contributed by atoms with E-state index >= 15 is 0 Å². The zero-order valence-corrected chi connectivity index (χ0v) is 13.6. The van der Waals surface area contributed by atoms with Gasteiger partial charge in [0.2, 0.25) is 0 Å². The molecule has 0 amide bonds. The monoisotopic (exact) mass is 334 g/mol. The first kappa shape index (κ1) is 14.9. The first-order chi connectivity index (χ1) is 9.41. The lowest BCUT2D eigenvalue weighted by Crippen LogP contribution is -2.11. The van der Waals surface area contributed by atoms with Crippen LogP contribution < -0.4 is 4.74 Å². The second-order valence-corrected chi connectivity index (χ2v) is 6.34. The van der Waals surface area contributed by atoms with E-state index in [9.17, 15) is 5.11 Å². The number of alkyl halides is 1. The fourth-order valence-corrected chi connectivity index (χ4v) is 2.32. The Labute approximate surface area is 128 Å². The number of benzene rings is 2. The highest BCUT2D eigenvalue weighted by Crippen LogP contribution is 2.39. The van der Waals surface area contributed by atoms with Gasteiger partial charge in [-0.2, -0.15) is 0 Å². The van der Waals surface area contributed by atoms with Crippen LogP contribution >= 0.6 is 15.9 Å². The molecular formula is C17H19BrO2. The Morgan fingerprint density at radius 2 is 1.75 bits per heavy atom. The highest BCUT2D eigenvalue weighted by Gasteiger charge is 2.19. The van der Waals surface area contributed by atoms with Crippen molar-refractivity contribution >= 4 is 15.9 Å². The first-order valence-electron chi connectivity index (χ1n) is 6.57. The van der Waals surface area contributed by atoms with Crippen LogP contribution in [0.15, 0.2) is 42.5 Å². The number of aromatic hydroxyl groups is 1. The Bertz CT molecular complexity index is 586. The van der Waals surface area contributed by atoms with Crippen molar-refractivity contribution in [2.45, 2.75) is 31.5 Å². The van der Waals surface area contributed by atoms with E-state index < -0.39 is 0 Å². The number of hydrogen-bond acceptors (Lipinski definition) is 2. The maximum atomic E-state index is 10.3. The zero-order chi connectivity index (χ0) is 14.8. The van der Waals surface area contributed by atoms with Crippen molar-refractivity contribution in [1.29, 1.82) is 0 Å². The smallest absolute Gasteiger partial charge is 0.169 e. The summed E-state index contributed by atoms with van der Waals surface area (Å²) in [5.41, 5.74) is 1.97. The van der Waals surface area contributed by atoms with Gasteiger partial charge in [-0.3, -0.25) is 0 Å². The van der Waals surface area contributed by atoms with E-state index in [0.717, 1.165) is 16.9 Å². The molecule has 0 saturated heterocycles. The van der Waals surface area contributed by atoms with Crippen molar-refractivity contribution < 1.29 is 9.84 Å². The molecule has 1 N–H and O–H groups in total. The molecule has 0 aliphatic rings. The molecule has 2 rings (SSSR count). The molecule has 0 bridgehead atoms. The average Bonchev–Trinajstić information content (AvgIpc) is 2.41. The maximum Gasteiger partial charge on any atom is 0.169 e.